The van der Waals surface area contributed by atoms with Crippen LogP contribution in [0, 0.1) is 0 Å². The van der Waals surface area contributed by atoms with Gasteiger partial charge in [-0.2, -0.15) is 0 Å². The molecule has 3 heteroatoms. The van der Waals surface area contributed by atoms with Crippen molar-refractivity contribution in [1.29, 1.82) is 0 Å². The number of hydrogen-bond acceptors (Lipinski definition) is 2. The quantitative estimate of drug-likeness (QED) is 0.590. The molecule has 0 saturated carbocycles. The van der Waals surface area contributed by atoms with Gasteiger partial charge in [-0.3, -0.25) is 0 Å². The van der Waals surface area contributed by atoms with Gasteiger partial charge in [-0.25, -0.2) is 0 Å². The van der Waals surface area contributed by atoms with Gasteiger partial charge in [0.1, 0.15) is 0 Å². The van der Waals surface area contributed by atoms with Crippen molar-refractivity contribution in [2.45, 2.75) is 38.9 Å². The second-order valence-electron chi connectivity index (χ2n) is 3.90. The molecule has 0 aromatic heterocycles. The van der Waals surface area contributed by atoms with Crippen LogP contribution in [0.5, 0.6) is 0 Å². The minimum atomic E-state index is -1.31. The first kappa shape index (κ1) is 13.1. The lowest BCUT2D eigenvalue weighted by atomic mass is 10.6. The maximum absolute atomic E-state index is 6.09. The van der Waals surface area contributed by atoms with Crippen LogP contribution in [0.4, 0.5) is 0 Å². The molecule has 0 amide bonds. The highest BCUT2D eigenvalue weighted by Crippen LogP contribution is 2.21. The van der Waals surface area contributed by atoms with Crippen molar-refractivity contribution < 1.29 is 4.43 Å². The van der Waals surface area contributed by atoms with Crippen molar-refractivity contribution >= 4 is 8.32 Å². The molecule has 0 radical (unpaired) electrons. The van der Waals surface area contributed by atoms with E-state index in [0.717, 1.165) is 13.2 Å². The number of rotatable bonds is 7. The predicted octanol–water partition coefficient (Wildman–Crippen LogP) is 2.57. The maximum Gasteiger partial charge on any atom is 0.192 e. The van der Waals surface area contributed by atoms with E-state index >= 15 is 0 Å². The van der Waals surface area contributed by atoms with Gasteiger partial charge in [0.05, 0.1) is 0 Å². The Morgan fingerprint density at radius 1 is 1.00 bits per heavy atom. The van der Waals surface area contributed by atoms with Crippen LogP contribution in [0.25, 0.3) is 0 Å². The Kier molecular flexibility index (Phi) is 6.64. The lowest BCUT2D eigenvalue weighted by molar-refractivity contribution is 0.249. The van der Waals surface area contributed by atoms with Crippen LogP contribution < -0.4 is 0 Å². The number of likely N-dealkylation sites (N-methyl/N-ethyl adjacent to an activating group) is 1. The fourth-order valence-corrected chi connectivity index (χ4v) is 4.14. The van der Waals surface area contributed by atoms with E-state index in [2.05, 4.69) is 39.8 Å². The first-order chi connectivity index (χ1) is 6.10. The zero-order valence-electron chi connectivity index (χ0n) is 9.89. The molecular formula is C10H25NOSi. The number of nitrogens with zero attached hydrogens (tertiary/aromatic N) is 1. The molecule has 0 atom stereocenters. The summed E-state index contributed by atoms with van der Waals surface area (Å²) in [5.41, 5.74) is 0. The van der Waals surface area contributed by atoms with Crippen molar-refractivity contribution in [3.63, 3.8) is 0 Å². The van der Waals surface area contributed by atoms with Gasteiger partial charge >= 0.3 is 0 Å². The molecule has 80 valence electrons. The molecule has 0 aromatic rings. The number of hydrogen-bond donors (Lipinski definition) is 0. The molecule has 0 aliphatic heterocycles. The Labute approximate surface area is 84.4 Å². The summed E-state index contributed by atoms with van der Waals surface area (Å²) >= 11 is 0. The van der Waals surface area contributed by atoms with Gasteiger partial charge in [0.2, 0.25) is 0 Å². The van der Waals surface area contributed by atoms with Gasteiger partial charge in [0.15, 0.2) is 8.32 Å². The molecule has 0 rings (SSSR count). The molecule has 13 heavy (non-hydrogen) atoms. The highest BCUT2D eigenvalue weighted by Gasteiger charge is 2.28. The van der Waals surface area contributed by atoms with E-state index in [1.165, 1.54) is 18.1 Å². The van der Waals surface area contributed by atoms with Gasteiger partial charge in [0, 0.05) is 13.2 Å². The minimum absolute atomic E-state index is 0.911. The van der Waals surface area contributed by atoms with Crippen LogP contribution in [-0.2, 0) is 4.43 Å². The van der Waals surface area contributed by atoms with Crippen molar-refractivity contribution in [1.82, 2.24) is 4.90 Å². The average molecular weight is 203 g/mol. The van der Waals surface area contributed by atoms with Crippen LogP contribution in [0.1, 0.15) is 20.8 Å². The monoisotopic (exact) mass is 203 g/mol. The van der Waals surface area contributed by atoms with E-state index in [9.17, 15) is 0 Å². The second kappa shape index (κ2) is 6.57. The zero-order chi connectivity index (χ0) is 10.3. The SMILES string of the molecule is CC[Si](CC)(CC)OCCN(C)C. The Morgan fingerprint density at radius 3 is 1.77 bits per heavy atom. The third-order valence-corrected chi connectivity index (χ3v) is 7.56. The molecule has 0 unspecified atom stereocenters. The fourth-order valence-electron chi connectivity index (χ4n) is 1.50. The first-order valence-corrected chi connectivity index (χ1v) is 7.92. The van der Waals surface area contributed by atoms with Crippen molar-refractivity contribution in [3.8, 4) is 0 Å². The predicted molar refractivity (Wildman–Crippen MR) is 61.7 cm³/mol. The van der Waals surface area contributed by atoms with Crippen molar-refractivity contribution in [2.24, 2.45) is 0 Å². The van der Waals surface area contributed by atoms with Crippen molar-refractivity contribution in [2.75, 3.05) is 27.2 Å². The van der Waals surface area contributed by atoms with E-state index in [0.29, 0.717) is 0 Å². The normalized spacial score (nSPS) is 12.5. The van der Waals surface area contributed by atoms with Crippen LogP contribution in [0.15, 0.2) is 0 Å². The zero-order valence-corrected chi connectivity index (χ0v) is 10.9. The van der Waals surface area contributed by atoms with Gasteiger partial charge < -0.3 is 9.33 Å². The first-order valence-electron chi connectivity index (χ1n) is 5.39. The Bertz CT molecular complexity index is 116. The Morgan fingerprint density at radius 2 is 1.46 bits per heavy atom. The van der Waals surface area contributed by atoms with E-state index in [1.54, 1.807) is 0 Å². The molecule has 0 bridgehead atoms. The highest BCUT2D eigenvalue weighted by atomic mass is 28.4. The summed E-state index contributed by atoms with van der Waals surface area (Å²) in [6.45, 7) is 8.78. The van der Waals surface area contributed by atoms with Gasteiger partial charge in [-0.1, -0.05) is 20.8 Å². The third-order valence-electron chi connectivity index (χ3n) is 2.88. The lowest BCUT2D eigenvalue weighted by Gasteiger charge is -2.28. The minimum Gasteiger partial charge on any atom is -0.416 e. The van der Waals surface area contributed by atoms with Crippen LogP contribution >= 0.6 is 0 Å². The molecule has 0 aliphatic carbocycles. The molecule has 0 aliphatic rings. The standard InChI is InChI=1S/C10H25NOSi/c1-6-13(7-2,8-3)12-10-9-11(4)5/h6-10H2,1-5H3. The van der Waals surface area contributed by atoms with Crippen LogP contribution in [0.2, 0.25) is 18.1 Å². The van der Waals surface area contributed by atoms with Gasteiger partial charge in [0.25, 0.3) is 0 Å². The molecule has 0 spiro atoms. The van der Waals surface area contributed by atoms with Crippen LogP contribution in [0.3, 0.4) is 0 Å². The topological polar surface area (TPSA) is 12.5 Å². The smallest absolute Gasteiger partial charge is 0.192 e. The van der Waals surface area contributed by atoms with Crippen molar-refractivity contribution in [3.05, 3.63) is 0 Å². The Balaban J connectivity index is 3.81. The maximum atomic E-state index is 6.09. The highest BCUT2D eigenvalue weighted by molar-refractivity contribution is 6.73. The summed E-state index contributed by atoms with van der Waals surface area (Å²) < 4.78 is 6.09. The fraction of sp³-hybridized carbons (Fsp3) is 1.00. The van der Waals surface area contributed by atoms with E-state index in [4.69, 9.17) is 4.43 Å². The van der Waals surface area contributed by atoms with E-state index in [1.807, 2.05) is 0 Å². The van der Waals surface area contributed by atoms with Crippen LogP contribution in [-0.4, -0.2) is 40.5 Å². The van der Waals surface area contributed by atoms with E-state index in [-0.39, 0.29) is 0 Å². The summed E-state index contributed by atoms with van der Waals surface area (Å²) in [6.07, 6.45) is 0. The summed E-state index contributed by atoms with van der Waals surface area (Å²) in [4.78, 5) is 2.18. The largest absolute Gasteiger partial charge is 0.416 e. The molecule has 2 nitrogen and oxygen atoms in total. The molecule has 0 heterocycles. The third kappa shape index (κ3) is 4.79. The summed E-state index contributed by atoms with van der Waals surface area (Å²) in [7, 11) is 2.88. The average Bonchev–Trinajstić information content (AvgIpc) is 2.13. The summed E-state index contributed by atoms with van der Waals surface area (Å²) in [6, 6.07) is 3.77. The molecule has 0 saturated heterocycles. The summed E-state index contributed by atoms with van der Waals surface area (Å²) in [5, 5.41) is 0. The molecule has 0 fully saturated rings. The molecule has 0 aromatic carbocycles. The molecule has 0 N–H and O–H groups in total. The lowest BCUT2D eigenvalue weighted by Crippen LogP contribution is -2.37. The van der Waals surface area contributed by atoms with Gasteiger partial charge in [-0.15, -0.1) is 0 Å². The van der Waals surface area contributed by atoms with E-state index < -0.39 is 8.32 Å². The van der Waals surface area contributed by atoms with Gasteiger partial charge in [-0.05, 0) is 32.2 Å². The molecular weight excluding hydrogens is 178 g/mol. The second-order valence-corrected chi connectivity index (χ2v) is 8.67. The summed E-state index contributed by atoms with van der Waals surface area (Å²) in [5.74, 6) is 0. The Hall–Kier alpha value is 0.137.